The topological polar surface area (TPSA) is 66.5 Å². The van der Waals surface area contributed by atoms with Crippen LogP contribution < -0.4 is 9.62 Å². The molecule has 27 heavy (non-hydrogen) atoms. The van der Waals surface area contributed by atoms with Crippen LogP contribution >= 0.6 is 0 Å². The van der Waals surface area contributed by atoms with Crippen LogP contribution in [-0.4, -0.2) is 26.9 Å². The van der Waals surface area contributed by atoms with E-state index in [1.54, 1.807) is 18.2 Å². The van der Waals surface area contributed by atoms with Crippen molar-refractivity contribution in [3.05, 3.63) is 59.4 Å². The molecule has 0 fully saturated rings. The summed E-state index contributed by atoms with van der Waals surface area (Å²) in [5.74, 6) is -0.306. The Hall–Kier alpha value is -2.41. The van der Waals surface area contributed by atoms with Crippen molar-refractivity contribution in [1.82, 2.24) is 5.32 Å². The van der Waals surface area contributed by atoms with Gasteiger partial charge in [0, 0.05) is 18.2 Å². The molecule has 7 heteroatoms. The molecule has 1 heterocycles. The molecule has 1 N–H and O–H groups in total. The van der Waals surface area contributed by atoms with Crippen molar-refractivity contribution in [2.45, 2.75) is 38.1 Å². The largest absolute Gasteiger partial charge is 0.352 e. The molecule has 144 valence electrons. The number of fused-ring (bicyclic) bond motifs is 1. The van der Waals surface area contributed by atoms with Crippen LogP contribution in [0.3, 0.4) is 0 Å². The number of hydrogen-bond acceptors (Lipinski definition) is 3. The van der Waals surface area contributed by atoms with E-state index < -0.39 is 15.8 Å². The zero-order valence-electron chi connectivity index (χ0n) is 15.6. The van der Waals surface area contributed by atoms with Crippen LogP contribution in [-0.2, 0) is 16.4 Å². The number of hydrogen-bond donors (Lipinski definition) is 1. The van der Waals surface area contributed by atoms with Gasteiger partial charge in [0.25, 0.3) is 15.9 Å². The van der Waals surface area contributed by atoms with Crippen LogP contribution in [0.2, 0.25) is 0 Å². The summed E-state index contributed by atoms with van der Waals surface area (Å²) in [6.45, 7) is 6.43. The lowest BCUT2D eigenvalue weighted by molar-refractivity contribution is 0.0949. The van der Waals surface area contributed by atoms with Gasteiger partial charge in [-0.05, 0) is 67.3 Å². The average molecular weight is 390 g/mol. The Morgan fingerprint density at radius 3 is 2.52 bits per heavy atom. The molecular formula is C20H23FN2O3S. The molecule has 1 atom stereocenters. The number of nitrogens with zero attached hydrogens (tertiary/aromatic N) is 1. The molecule has 0 spiro atoms. The highest BCUT2D eigenvalue weighted by atomic mass is 32.2. The minimum Gasteiger partial charge on any atom is -0.352 e. The van der Waals surface area contributed by atoms with E-state index in [1.165, 1.54) is 16.4 Å². The normalized spacial score (nSPS) is 16.5. The van der Waals surface area contributed by atoms with Gasteiger partial charge in [-0.2, -0.15) is 0 Å². The van der Waals surface area contributed by atoms with E-state index in [9.17, 15) is 17.6 Å². The second-order valence-corrected chi connectivity index (χ2v) is 9.07. The fourth-order valence-electron chi connectivity index (χ4n) is 3.23. The van der Waals surface area contributed by atoms with Crippen LogP contribution in [0.5, 0.6) is 0 Å². The van der Waals surface area contributed by atoms with Gasteiger partial charge in [0.15, 0.2) is 0 Å². The molecule has 1 aliphatic rings. The summed E-state index contributed by atoms with van der Waals surface area (Å²) in [5, 5.41) is 2.87. The van der Waals surface area contributed by atoms with Crippen LogP contribution in [0.25, 0.3) is 0 Å². The first-order valence-electron chi connectivity index (χ1n) is 8.91. The van der Waals surface area contributed by atoms with Crippen molar-refractivity contribution >= 4 is 21.6 Å². The third-order valence-corrected chi connectivity index (χ3v) is 6.48. The molecule has 1 aliphatic heterocycles. The van der Waals surface area contributed by atoms with Crippen LogP contribution in [0.15, 0.2) is 47.4 Å². The maximum absolute atomic E-state index is 13.2. The number of nitrogens with one attached hydrogen (secondary N) is 1. The number of carbonyl (C=O) groups excluding carboxylic acids is 1. The molecule has 2 aromatic rings. The van der Waals surface area contributed by atoms with Gasteiger partial charge in [0.1, 0.15) is 5.82 Å². The summed E-state index contributed by atoms with van der Waals surface area (Å²) >= 11 is 0. The SMILES string of the molecule is CC(C)CNC(=O)c1ccc2c(c1)C[C@H](C)N2S(=O)(=O)c1ccc(F)cc1. The Balaban J connectivity index is 1.92. The summed E-state index contributed by atoms with van der Waals surface area (Å²) in [4.78, 5) is 12.3. The summed E-state index contributed by atoms with van der Waals surface area (Å²) in [6.07, 6.45) is 0.515. The van der Waals surface area contributed by atoms with Crippen molar-refractivity contribution in [1.29, 1.82) is 0 Å². The van der Waals surface area contributed by atoms with Gasteiger partial charge in [-0.15, -0.1) is 0 Å². The Kier molecular flexibility index (Phi) is 5.24. The zero-order chi connectivity index (χ0) is 19.8. The minimum atomic E-state index is -3.81. The number of amides is 1. The summed E-state index contributed by atoms with van der Waals surface area (Å²) in [6, 6.07) is 9.58. The van der Waals surface area contributed by atoms with Gasteiger partial charge < -0.3 is 5.32 Å². The Morgan fingerprint density at radius 1 is 1.22 bits per heavy atom. The highest BCUT2D eigenvalue weighted by molar-refractivity contribution is 7.92. The molecule has 5 nitrogen and oxygen atoms in total. The molecule has 1 amide bonds. The van der Waals surface area contributed by atoms with Gasteiger partial charge in [-0.25, -0.2) is 12.8 Å². The fourth-order valence-corrected chi connectivity index (χ4v) is 4.92. The number of benzene rings is 2. The van der Waals surface area contributed by atoms with Crippen molar-refractivity contribution in [3.8, 4) is 0 Å². The molecule has 0 unspecified atom stereocenters. The summed E-state index contributed by atoms with van der Waals surface area (Å²) in [7, 11) is -3.81. The summed E-state index contributed by atoms with van der Waals surface area (Å²) < 4.78 is 40.6. The number of carbonyl (C=O) groups is 1. The molecular weight excluding hydrogens is 367 g/mol. The fraction of sp³-hybridized carbons (Fsp3) is 0.350. The van der Waals surface area contributed by atoms with E-state index >= 15 is 0 Å². The minimum absolute atomic E-state index is 0.0438. The zero-order valence-corrected chi connectivity index (χ0v) is 16.4. The van der Waals surface area contributed by atoms with Gasteiger partial charge in [-0.1, -0.05) is 13.8 Å². The van der Waals surface area contributed by atoms with E-state index in [-0.39, 0.29) is 16.8 Å². The molecule has 0 radical (unpaired) electrons. The van der Waals surface area contributed by atoms with E-state index in [0.29, 0.717) is 30.1 Å². The monoisotopic (exact) mass is 390 g/mol. The number of anilines is 1. The Labute approximate surface area is 159 Å². The lowest BCUT2D eigenvalue weighted by atomic mass is 10.1. The van der Waals surface area contributed by atoms with Gasteiger partial charge >= 0.3 is 0 Å². The second-order valence-electron chi connectivity index (χ2n) is 7.26. The van der Waals surface area contributed by atoms with E-state index in [2.05, 4.69) is 5.32 Å². The smallest absolute Gasteiger partial charge is 0.264 e. The van der Waals surface area contributed by atoms with E-state index in [4.69, 9.17) is 0 Å². The third-order valence-electron chi connectivity index (χ3n) is 4.54. The second kappa shape index (κ2) is 7.31. The first kappa shape index (κ1) is 19.4. The average Bonchev–Trinajstić information content (AvgIpc) is 2.95. The molecule has 0 saturated heterocycles. The van der Waals surface area contributed by atoms with Crippen LogP contribution in [0.4, 0.5) is 10.1 Å². The standard InChI is InChI=1S/C20H23FN2O3S/c1-13(2)12-22-20(24)15-4-9-19-16(11-15)10-14(3)23(19)27(25,26)18-7-5-17(21)6-8-18/h4-9,11,13-14H,10,12H2,1-3H3,(H,22,24)/t14-/m0/s1. The first-order chi connectivity index (χ1) is 12.7. The number of sulfonamides is 1. The molecule has 0 aliphatic carbocycles. The molecule has 3 rings (SSSR count). The lowest BCUT2D eigenvalue weighted by Gasteiger charge is -2.24. The molecule has 0 bridgehead atoms. The predicted molar refractivity (Wildman–Crippen MR) is 103 cm³/mol. The molecule has 2 aromatic carbocycles. The van der Waals surface area contributed by atoms with Crippen molar-refractivity contribution in [2.75, 3.05) is 10.8 Å². The van der Waals surface area contributed by atoms with Crippen molar-refractivity contribution < 1.29 is 17.6 Å². The highest BCUT2D eigenvalue weighted by Crippen LogP contribution is 2.37. The molecule has 0 aromatic heterocycles. The number of halogens is 1. The Morgan fingerprint density at radius 2 is 1.89 bits per heavy atom. The maximum atomic E-state index is 13.2. The van der Waals surface area contributed by atoms with Gasteiger partial charge in [0.2, 0.25) is 0 Å². The van der Waals surface area contributed by atoms with Gasteiger partial charge in [0.05, 0.1) is 10.6 Å². The number of rotatable bonds is 5. The maximum Gasteiger partial charge on any atom is 0.264 e. The predicted octanol–water partition coefficient (Wildman–Crippen LogP) is 3.35. The van der Waals surface area contributed by atoms with Crippen LogP contribution in [0, 0.1) is 11.7 Å². The van der Waals surface area contributed by atoms with Crippen LogP contribution in [0.1, 0.15) is 36.7 Å². The quantitative estimate of drug-likeness (QED) is 0.851. The van der Waals surface area contributed by atoms with E-state index in [0.717, 1.165) is 17.7 Å². The van der Waals surface area contributed by atoms with Gasteiger partial charge in [-0.3, -0.25) is 9.10 Å². The third kappa shape index (κ3) is 3.83. The highest BCUT2D eigenvalue weighted by Gasteiger charge is 2.36. The van der Waals surface area contributed by atoms with E-state index in [1.807, 2.05) is 20.8 Å². The Bertz CT molecular complexity index is 956. The summed E-state index contributed by atoms with van der Waals surface area (Å²) in [5.41, 5.74) is 1.89. The lowest BCUT2D eigenvalue weighted by Crippen LogP contribution is -2.35. The first-order valence-corrected chi connectivity index (χ1v) is 10.4. The molecule has 0 saturated carbocycles. The van der Waals surface area contributed by atoms with Crippen molar-refractivity contribution in [2.24, 2.45) is 5.92 Å². The van der Waals surface area contributed by atoms with Crippen molar-refractivity contribution in [3.63, 3.8) is 0 Å².